The number of aromatic nitrogens is 1. The summed E-state index contributed by atoms with van der Waals surface area (Å²) in [5, 5.41) is 0. The summed E-state index contributed by atoms with van der Waals surface area (Å²) < 4.78 is 0. The van der Waals surface area contributed by atoms with Gasteiger partial charge in [0, 0.05) is 32.2 Å². The number of hydrogen-bond donors (Lipinski definition) is 0. The number of hydrogen-bond acceptors (Lipinski definition) is 3. The molecule has 0 amide bonds. The molecule has 0 unspecified atom stereocenters. The van der Waals surface area contributed by atoms with Crippen molar-refractivity contribution in [2.75, 3.05) is 19.0 Å². The van der Waals surface area contributed by atoms with Crippen LogP contribution in [-0.4, -0.2) is 25.3 Å². The first-order valence-corrected chi connectivity index (χ1v) is 5.89. The van der Waals surface area contributed by atoms with Crippen LogP contribution >= 0.6 is 0 Å². The lowest BCUT2D eigenvalue weighted by atomic mass is 10.2. The first-order valence-electron chi connectivity index (χ1n) is 5.89. The van der Waals surface area contributed by atoms with Crippen LogP contribution in [0.4, 0.5) is 11.5 Å². The Morgan fingerprint density at radius 3 is 2.44 bits per heavy atom. The summed E-state index contributed by atoms with van der Waals surface area (Å²) in [4.78, 5) is 10.6. The topological polar surface area (TPSA) is 28.5 Å². The van der Waals surface area contributed by atoms with Crippen molar-refractivity contribution in [2.45, 2.75) is 6.92 Å². The molecule has 0 N–H and O–H groups in total. The summed E-state index contributed by atoms with van der Waals surface area (Å²) in [5.41, 5.74) is 3.42. The zero-order chi connectivity index (χ0) is 13.0. The van der Waals surface area contributed by atoms with Gasteiger partial charge in [-0.1, -0.05) is 12.1 Å². The van der Waals surface area contributed by atoms with E-state index in [0.29, 0.717) is 0 Å². The summed E-state index contributed by atoms with van der Waals surface area (Å²) >= 11 is 0. The summed E-state index contributed by atoms with van der Waals surface area (Å²) in [5.74, 6) is 0.742. The smallest absolute Gasteiger partial charge is 0.151 e. The molecular weight excluding hydrogens is 222 g/mol. The average Bonchev–Trinajstić information content (AvgIpc) is 2.37. The third-order valence-corrected chi connectivity index (χ3v) is 2.66. The molecule has 0 bridgehead atoms. The second-order valence-corrected chi connectivity index (χ2v) is 4.44. The van der Waals surface area contributed by atoms with Crippen molar-refractivity contribution in [1.29, 1.82) is 0 Å². The van der Waals surface area contributed by atoms with Crippen LogP contribution in [0, 0.1) is 6.92 Å². The molecule has 3 nitrogen and oxygen atoms in total. The van der Waals surface area contributed by atoms with Crippen molar-refractivity contribution in [3.05, 3.63) is 53.7 Å². The van der Waals surface area contributed by atoms with E-state index in [-0.39, 0.29) is 0 Å². The number of aliphatic imine (C=N–C) groups is 1. The lowest BCUT2D eigenvalue weighted by Crippen LogP contribution is -2.08. The number of benzene rings is 1. The molecule has 0 radical (unpaired) electrons. The van der Waals surface area contributed by atoms with Gasteiger partial charge in [0.05, 0.1) is 0 Å². The Hall–Kier alpha value is -2.16. The van der Waals surface area contributed by atoms with E-state index < -0.39 is 0 Å². The first-order chi connectivity index (χ1) is 8.65. The molecule has 0 spiro atoms. The molecule has 92 valence electrons. The summed E-state index contributed by atoms with van der Waals surface area (Å²) in [7, 11) is 4.06. The van der Waals surface area contributed by atoms with Gasteiger partial charge in [0.1, 0.15) is 0 Å². The molecule has 0 saturated heterocycles. The molecular formula is C15H17N3. The Morgan fingerprint density at radius 1 is 1.11 bits per heavy atom. The van der Waals surface area contributed by atoms with E-state index >= 15 is 0 Å². The van der Waals surface area contributed by atoms with Crippen LogP contribution in [0.25, 0.3) is 0 Å². The largest absolute Gasteiger partial charge is 0.378 e. The van der Waals surface area contributed by atoms with Crippen molar-refractivity contribution in [3.8, 4) is 0 Å². The summed E-state index contributed by atoms with van der Waals surface area (Å²) in [6.45, 7) is 2.03. The van der Waals surface area contributed by atoms with Crippen LogP contribution in [0.5, 0.6) is 0 Å². The average molecular weight is 239 g/mol. The fourth-order valence-corrected chi connectivity index (χ4v) is 1.59. The van der Waals surface area contributed by atoms with E-state index in [1.807, 2.05) is 39.4 Å². The second-order valence-electron chi connectivity index (χ2n) is 4.44. The predicted molar refractivity (Wildman–Crippen MR) is 77.0 cm³/mol. The molecule has 3 heteroatoms. The predicted octanol–water partition coefficient (Wildman–Crippen LogP) is 3.21. The van der Waals surface area contributed by atoms with Crippen molar-refractivity contribution in [2.24, 2.45) is 4.99 Å². The lowest BCUT2D eigenvalue weighted by Gasteiger charge is -2.11. The van der Waals surface area contributed by atoms with E-state index in [0.717, 1.165) is 11.4 Å². The molecule has 1 aromatic heterocycles. The lowest BCUT2D eigenvalue weighted by molar-refractivity contribution is 1.13. The third kappa shape index (κ3) is 3.17. The monoisotopic (exact) mass is 239 g/mol. The normalized spacial score (nSPS) is 10.8. The van der Waals surface area contributed by atoms with Crippen LogP contribution in [-0.2, 0) is 0 Å². The van der Waals surface area contributed by atoms with E-state index in [1.54, 1.807) is 6.20 Å². The molecule has 0 aliphatic heterocycles. The van der Waals surface area contributed by atoms with Gasteiger partial charge in [-0.15, -0.1) is 0 Å². The van der Waals surface area contributed by atoms with E-state index in [1.165, 1.54) is 11.3 Å². The Morgan fingerprint density at radius 2 is 1.83 bits per heavy atom. The molecule has 0 saturated carbocycles. The number of rotatable bonds is 3. The quantitative estimate of drug-likeness (QED) is 0.769. The van der Waals surface area contributed by atoms with Gasteiger partial charge in [-0.3, -0.25) is 0 Å². The van der Waals surface area contributed by atoms with E-state index in [9.17, 15) is 0 Å². The minimum atomic E-state index is 0.742. The molecule has 1 aromatic carbocycles. The fourth-order valence-electron chi connectivity index (χ4n) is 1.59. The molecule has 2 aromatic rings. The SMILES string of the molecule is Cc1ccnc(N=Cc2ccc(N(C)C)cc2)c1. The van der Waals surface area contributed by atoms with Crippen LogP contribution in [0.2, 0.25) is 0 Å². The standard InChI is InChI=1S/C15H17N3/c1-12-8-9-16-15(10-12)17-11-13-4-6-14(7-5-13)18(2)3/h4-11H,1-3H3. The maximum atomic E-state index is 4.36. The van der Waals surface area contributed by atoms with Crippen LogP contribution in [0.1, 0.15) is 11.1 Å². The second kappa shape index (κ2) is 5.45. The van der Waals surface area contributed by atoms with E-state index in [4.69, 9.17) is 0 Å². The molecule has 18 heavy (non-hydrogen) atoms. The third-order valence-electron chi connectivity index (χ3n) is 2.66. The number of aryl methyl sites for hydroxylation is 1. The minimum Gasteiger partial charge on any atom is -0.378 e. The van der Waals surface area contributed by atoms with Crippen LogP contribution in [0.3, 0.4) is 0 Å². The molecule has 0 aliphatic rings. The Labute approximate surface area is 108 Å². The highest BCUT2D eigenvalue weighted by Gasteiger charge is 1.94. The van der Waals surface area contributed by atoms with Crippen molar-refractivity contribution in [3.63, 3.8) is 0 Å². The van der Waals surface area contributed by atoms with Gasteiger partial charge >= 0.3 is 0 Å². The Bertz CT molecular complexity index is 542. The first kappa shape index (κ1) is 12.3. The highest BCUT2D eigenvalue weighted by atomic mass is 15.1. The number of nitrogens with zero attached hydrogens (tertiary/aromatic N) is 3. The highest BCUT2D eigenvalue weighted by Crippen LogP contribution is 2.13. The van der Waals surface area contributed by atoms with Crippen molar-refractivity contribution >= 4 is 17.7 Å². The number of anilines is 1. The molecule has 0 fully saturated rings. The molecule has 0 atom stereocenters. The van der Waals surface area contributed by atoms with Gasteiger partial charge in [-0.25, -0.2) is 9.98 Å². The van der Waals surface area contributed by atoms with Crippen molar-refractivity contribution < 1.29 is 0 Å². The van der Waals surface area contributed by atoms with Gasteiger partial charge in [0.15, 0.2) is 5.82 Å². The summed E-state index contributed by atoms with van der Waals surface area (Å²) in [6, 6.07) is 12.2. The minimum absolute atomic E-state index is 0.742. The summed E-state index contributed by atoms with van der Waals surface area (Å²) in [6.07, 6.45) is 3.61. The van der Waals surface area contributed by atoms with Crippen LogP contribution in [0.15, 0.2) is 47.6 Å². The maximum Gasteiger partial charge on any atom is 0.151 e. The van der Waals surface area contributed by atoms with Gasteiger partial charge in [0.25, 0.3) is 0 Å². The maximum absolute atomic E-state index is 4.36. The Kier molecular flexibility index (Phi) is 3.72. The fraction of sp³-hybridized carbons (Fsp3) is 0.200. The number of pyridine rings is 1. The molecule has 0 aliphatic carbocycles. The zero-order valence-electron chi connectivity index (χ0n) is 11.0. The van der Waals surface area contributed by atoms with E-state index in [2.05, 4.69) is 39.1 Å². The Balaban J connectivity index is 2.14. The van der Waals surface area contributed by atoms with Gasteiger partial charge in [0.2, 0.25) is 0 Å². The van der Waals surface area contributed by atoms with Gasteiger partial charge in [-0.05, 0) is 42.3 Å². The van der Waals surface area contributed by atoms with Crippen LogP contribution < -0.4 is 4.90 Å². The molecule has 1 heterocycles. The van der Waals surface area contributed by atoms with Gasteiger partial charge < -0.3 is 4.90 Å². The van der Waals surface area contributed by atoms with Crippen molar-refractivity contribution in [1.82, 2.24) is 4.98 Å². The highest BCUT2D eigenvalue weighted by molar-refractivity contribution is 5.82. The zero-order valence-corrected chi connectivity index (χ0v) is 11.0. The molecule has 2 rings (SSSR count). The van der Waals surface area contributed by atoms with Gasteiger partial charge in [-0.2, -0.15) is 0 Å².